The number of carbonyl (C=O) groups excluding carboxylic acids is 1. The number of carbonyl (C=O) groups is 1. The second-order valence-corrected chi connectivity index (χ2v) is 5.69. The Bertz CT molecular complexity index is 758. The van der Waals surface area contributed by atoms with Gasteiger partial charge in [-0.2, -0.15) is 0 Å². The normalized spacial score (nSPS) is 11.1. The van der Waals surface area contributed by atoms with E-state index in [2.05, 4.69) is 10.3 Å². The lowest BCUT2D eigenvalue weighted by molar-refractivity contribution is -0.385. The van der Waals surface area contributed by atoms with E-state index in [0.29, 0.717) is 0 Å². The average Bonchev–Trinajstić information content (AvgIpc) is 2.46. The second kappa shape index (κ2) is 6.12. The highest BCUT2D eigenvalue weighted by Gasteiger charge is 2.28. The van der Waals surface area contributed by atoms with Crippen LogP contribution in [-0.2, 0) is 5.54 Å². The zero-order valence-corrected chi connectivity index (χ0v) is 13.0. The number of nitro groups is 1. The Hall–Kier alpha value is -2.83. The minimum Gasteiger partial charge on any atom is -0.343 e. The third-order valence-corrected chi connectivity index (χ3v) is 3.46. The van der Waals surface area contributed by atoms with Crippen molar-refractivity contribution in [2.75, 3.05) is 0 Å². The van der Waals surface area contributed by atoms with Crippen molar-refractivity contribution in [3.63, 3.8) is 0 Å². The molecule has 0 unspecified atom stereocenters. The number of hydrogen-bond donors (Lipinski definition) is 1. The summed E-state index contributed by atoms with van der Waals surface area (Å²) in [4.78, 5) is 26.8. The maximum absolute atomic E-state index is 13.4. The molecule has 1 aromatic heterocycles. The van der Waals surface area contributed by atoms with Crippen LogP contribution in [0, 0.1) is 22.9 Å². The smallest absolute Gasteiger partial charge is 0.282 e. The second-order valence-electron chi connectivity index (χ2n) is 5.69. The van der Waals surface area contributed by atoms with Crippen molar-refractivity contribution in [2.45, 2.75) is 26.3 Å². The summed E-state index contributed by atoms with van der Waals surface area (Å²) < 4.78 is 13.4. The van der Waals surface area contributed by atoms with E-state index in [1.807, 2.05) is 13.0 Å². The van der Waals surface area contributed by atoms with Crippen LogP contribution in [0.3, 0.4) is 0 Å². The molecule has 0 saturated carbocycles. The minimum atomic E-state index is -0.821. The molecule has 0 spiro atoms. The Balaban J connectivity index is 2.33. The van der Waals surface area contributed by atoms with E-state index in [1.54, 1.807) is 26.1 Å². The Morgan fingerprint density at radius 2 is 2.00 bits per heavy atom. The van der Waals surface area contributed by atoms with Gasteiger partial charge in [0.25, 0.3) is 11.6 Å². The molecule has 0 aliphatic carbocycles. The zero-order valence-electron chi connectivity index (χ0n) is 13.0. The third kappa shape index (κ3) is 3.68. The quantitative estimate of drug-likeness (QED) is 0.693. The molecule has 2 aromatic rings. The Labute approximate surface area is 132 Å². The highest BCUT2D eigenvalue weighted by Crippen LogP contribution is 2.23. The number of aryl methyl sites for hydroxylation is 1. The molecule has 0 aliphatic rings. The largest absolute Gasteiger partial charge is 0.343 e. The molecule has 0 aliphatic heterocycles. The summed E-state index contributed by atoms with van der Waals surface area (Å²) in [6, 6.07) is 6.39. The van der Waals surface area contributed by atoms with Gasteiger partial charge >= 0.3 is 0 Å². The molecule has 0 saturated heterocycles. The van der Waals surface area contributed by atoms with Crippen LogP contribution in [0.2, 0.25) is 0 Å². The van der Waals surface area contributed by atoms with Crippen molar-refractivity contribution in [3.8, 4) is 0 Å². The number of pyridine rings is 1. The first kappa shape index (κ1) is 16.5. The van der Waals surface area contributed by atoms with E-state index in [4.69, 9.17) is 0 Å². The van der Waals surface area contributed by atoms with Crippen LogP contribution in [0.25, 0.3) is 0 Å². The van der Waals surface area contributed by atoms with E-state index in [-0.39, 0.29) is 5.56 Å². The lowest BCUT2D eigenvalue weighted by Crippen LogP contribution is -2.41. The number of aromatic nitrogens is 1. The number of halogens is 1. The maximum Gasteiger partial charge on any atom is 0.282 e. The van der Waals surface area contributed by atoms with Crippen molar-refractivity contribution in [1.82, 2.24) is 10.3 Å². The third-order valence-electron chi connectivity index (χ3n) is 3.46. The molecule has 0 fully saturated rings. The molecule has 1 amide bonds. The molecular formula is C16H16FN3O3. The first-order valence-electron chi connectivity index (χ1n) is 6.90. The van der Waals surface area contributed by atoms with Crippen LogP contribution in [0.15, 0.2) is 36.5 Å². The van der Waals surface area contributed by atoms with Crippen LogP contribution in [0.1, 0.15) is 35.5 Å². The Morgan fingerprint density at radius 1 is 1.30 bits per heavy atom. The Morgan fingerprint density at radius 3 is 2.57 bits per heavy atom. The first-order valence-corrected chi connectivity index (χ1v) is 6.90. The van der Waals surface area contributed by atoms with E-state index in [1.165, 1.54) is 0 Å². The highest BCUT2D eigenvalue weighted by atomic mass is 19.1. The van der Waals surface area contributed by atoms with Gasteiger partial charge in [0.2, 0.25) is 0 Å². The molecule has 23 heavy (non-hydrogen) atoms. The predicted molar refractivity (Wildman–Crippen MR) is 82.5 cm³/mol. The van der Waals surface area contributed by atoms with Gasteiger partial charge in [-0.3, -0.25) is 19.9 Å². The number of nitro benzene ring substituents is 1. The summed E-state index contributed by atoms with van der Waals surface area (Å²) in [6.45, 7) is 5.32. The van der Waals surface area contributed by atoms with Crippen molar-refractivity contribution in [1.29, 1.82) is 0 Å². The van der Waals surface area contributed by atoms with Crippen molar-refractivity contribution in [2.24, 2.45) is 0 Å². The summed E-state index contributed by atoms with van der Waals surface area (Å²) in [5, 5.41) is 13.7. The fourth-order valence-electron chi connectivity index (χ4n) is 2.11. The van der Waals surface area contributed by atoms with Gasteiger partial charge in [0, 0.05) is 18.0 Å². The summed E-state index contributed by atoms with van der Waals surface area (Å²) >= 11 is 0. The van der Waals surface area contributed by atoms with Crippen molar-refractivity contribution >= 4 is 11.6 Å². The van der Waals surface area contributed by atoms with Crippen molar-refractivity contribution < 1.29 is 14.1 Å². The molecule has 0 radical (unpaired) electrons. The van der Waals surface area contributed by atoms with Gasteiger partial charge in [0.1, 0.15) is 11.4 Å². The lowest BCUT2D eigenvalue weighted by Gasteiger charge is -2.26. The molecule has 7 heteroatoms. The van der Waals surface area contributed by atoms with Gasteiger partial charge in [-0.05, 0) is 44.5 Å². The molecular weight excluding hydrogens is 301 g/mol. The van der Waals surface area contributed by atoms with Crippen LogP contribution < -0.4 is 5.32 Å². The number of nitrogens with zero attached hydrogens (tertiary/aromatic N) is 2. The van der Waals surface area contributed by atoms with E-state index in [9.17, 15) is 19.3 Å². The fraction of sp³-hybridized carbons (Fsp3) is 0.250. The van der Waals surface area contributed by atoms with Gasteiger partial charge in [0.15, 0.2) is 0 Å². The summed E-state index contributed by atoms with van der Waals surface area (Å²) in [6.07, 6.45) is 1.62. The zero-order chi connectivity index (χ0) is 17.2. The number of hydrogen-bond acceptors (Lipinski definition) is 4. The van der Waals surface area contributed by atoms with Gasteiger partial charge in [-0.1, -0.05) is 6.07 Å². The van der Waals surface area contributed by atoms with E-state index in [0.717, 1.165) is 29.5 Å². The molecule has 0 bridgehead atoms. The highest BCUT2D eigenvalue weighted by molar-refractivity contribution is 5.98. The SMILES string of the molecule is Cc1ccc(C(C)(C)NC(=O)c2cc(F)ccc2[N+](=O)[O-])cn1. The predicted octanol–water partition coefficient (Wildman–Crippen LogP) is 3.10. The monoisotopic (exact) mass is 317 g/mol. The maximum atomic E-state index is 13.4. The van der Waals surface area contributed by atoms with E-state index >= 15 is 0 Å². The molecule has 6 nitrogen and oxygen atoms in total. The average molecular weight is 317 g/mol. The summed E-state index contributed by atoms with van der Waals surface area (Å²) in [5.41, 5.74) is -0.0187. The van der Waals surface area contributed by atoms with Crippen molar-refractivity contribution in [3.05, 3.63) is 69.3 Å². The van der Waals surface area contributed by atoms with Gasteiger partial charge < -0.3 is 5.32 Å². The molecule has 1 heterocycles. The van der Waals surface area contributed by atoms with Crippen LogP contribution >= 0.6 is 0 Å². The molecule has 2 rings (SSSR count). The minimum absolute atomic E-state index is 0.317. The van der Waals surface area contributed by atoms with Gasteiger partial charge in [0.05, 0.1) is 10.5 Å². The molecule has 1 N–H and O–H groups in total. The lowest BCUT2D eigenvalue weighted by atomic mass is 9.95. The first-order chi connectivity index (χ1) is 10.7. The molecule has 0 atom stereocenters. The molecule has 120 valence electrons. The number of nitrogens with one attached hydrogen (secondary N) is 1. The van der Waals surface area contributed by atoms with Crippen LogP contribution in [-0.4, -0.2) is 15.8 Å². The van der Waals surface area contributed by atoms with Gasteiger partial charge in [-0.25, -0.2) is 4.39 Å². The number of benzene rings is 1. The topological polar surface area (TPSA) is 85.1 Å². The standard InChI is InChI=1S/C16H16FN3O3/c1-10-4-5-11(9-18-10)16(2,3)19-15(21)13-8-12(17)6-7-14(13)20(22)23/h4-9H,1-3H3,(H,19,21). The summed E-state index contributed by atoms with van der Waals surface area (Å²) in [5.74, 6) is -1.43. The van der Waals surface area contributed by atoms with Crippen LogP contribution in [0.4, 0.5) is 10.1 Å². The molecule has 1 aromatic carbocycles. The fourth-order valence-corrected chi connectivity index (χ4v) is 2.11. The van der Waals surface area contributed by atoms with Gasteiger partial charge in [-0.15, -0.1) is 0 Å². The van der Waals surface area contributed by atoms with E-state index < -0.39 is 27.9 Å². The number of rotatable bonds is 4. The Kier molecular flexibility index (Phi) is 4.40. The summed E-state index contributed by atoms with van der Waals surface area (Å²) in [7, 11) is 0. The van der Waals surface area contributed by atoms with Crippen LogP contribution in [0.5, 0.6) is 0 Å². The number of amides is 1.